The molecule has 1 fully saturated rings. The van der Waals surface area contributed by atoms with E-state index < -0.39 is 0 Å². The third kappa shape index (κ3) is 4.33. The molecule has 0 radical (unpaired) electrons. The fourth-order valence-electron chi connectivity index (χ4n) is 2.20. The second-order valence-corrected chi connectivity index (χ2v) is 4.72. The number of nitrogens with zero attached hydrogens (tertiary/aromatic N) is 1. The molecule has 2 rings (SSSR count). The molecule has 1 aromatic carbocycles. The summed E-state index contributed by atoms with van der Waals surface area (Å²) in [4.78, 5) is 2.51. The third-order valence-electron chi connectivity index (χ3n) is 3.15. The van der Waals surface area contributed by atoms with Crippen molar-refractivity contribution in [2.45, 2.75) is 13.3 Å². The molecule has 0 bridgehead atoms. The number of hydrogen-bond donors (Lipinski definition) is 1. The number of aryl methyl sites for hydroxylation is 1. The summed E-state index contributed by atoms with van der Waals surface area (Å²) >= 11 is 0. The molecule has 1 aliphatic rings. The molecule has 2 nitrogen and oxygen atoms in total. The first-order chi connectivity index (χ1) is 8.34. The Hall–Kier alpha value is -1.12. The van der Waals surface area contributed by atoms with Crippen molar-refractivity contribution in [1.82, 2.24) is 10.2 Å². The number of benzene rings is 1. The van der Waals surface area contributed by atoms with Crippen LogP contribution in [0, 0.1) is 6.92 Å². The van der Waals surface area contributed by atoms with Crippen molar-refractivity contribution in [3.8, 4) is 0 Å². The van der Waals surface area contributed by atoms with Gasteiger partial charge in [-0.2, -0.15) is 0 Å². The standard InChI is InChI=1S/C15H22N2/c1-14-5-2-6-15(13-14)7-3-10-17-11-4-8-16-9-12-17/h2-3,5-7,13,16H,4,8-12H2,1H3/b7-3+. The Morgan fingerprint density at radius 3 is 3.12 bits per heavy atom. The van der Waals surface area contributed by atoms with Gasteiger partial charge in [0.05, 0.1) is 0 Å². The van der Waals surface area contributed by atoms with E-state index in [1.807, 2.05) is 0 Å². The van der Waals surface area contributed by atoms with Crippen LogP contribution in [-0.2, 0) is 0 Å². The van der Waals surface area contributed by atoms with Gasteiger partial charge in [-0.3, -0.25) is 4.90 Å². The van der Waals surface area contributed by atoms with Gasteiger partial charge in [0.15, 0.2) is 0 Å². The average Bonchev–Trinajstić information content (AvgIpc) is 2.58. The summed E-state index contributed by atoms with van der Waals surface area (Å²) in [5, 5.41) is 3.43. The van der Waals surface area contributed by atoms with Crippen molar-refractivity contribution < 1.29 is 0 Å². The van der Waals surface area contributed by atoms with Gasteiger partial charge in [0.25, 0.3) is 0 Å². The van der Waals surface area contributed by atoms with Crippen LogP contribution >= 0.6 is 0 Å². The Morgan fingerprint density at radius 2 is 2.24 bits per heavy atom. The van der Waals surface area contributed by atoms with E-state index in [1.165, 1.54) is 24.1 Å². The minimum Gasteiger partial charge on any atom is -0.315 e. The minimum absolute atomic E-state index is 1.07. The fourth-order valence-corrected chi connectivity index (χ4v) is 2.20. The van der Waals surface area contributed by atoms with E-state index in [-0.39, 0.29) is 0 Å². The summed E-state index contributed by atoms with van der Waals surface area (Å²) in [6.45, 7) is 7.87. The lowest BCUT2D eigenvalue weighted by atomic mass is 10.1. The average molecular weight is 230 g/mol. The summed E-state index contributed by atoms with van der Waals surface area (Å²) in [7, 11) is 0. The van der Waals surface area contributed by atoms with Gasteiger partial charge < -0.3 is 5.32 Å². The Balaban J connectivity index is 1.84. The predicted octanol–water partition coefficient (Wildman–Crippen LogP) is 2.30. The molecule has 1 aliphatic heterocycles. The summed E-state index contributed by atoms with van der Waals surface area (Å²) in [6.07, 6.45) is 5.77. The Kier molecular flexibility index (Phi) is 4.77. The number of nitrogens with one attached hydrogen (secondary N) is 1. The topological polar surface area (TPSA) is 15.3 Å². The predicted molar refractivity (Wildman–Crippen MR) is 74.1 cm³/mol. The van der Waals surface area contributed by atoms with Crippen LogP contribution in [0.15, 0.2) is 30.3 Å². The van der Waals surface area contributed by atoms with Crippen molar-refractivity contribution in [1.29, 1.82) is 0 Å². The highest BCUT2D eigenvalue weighted by molar-refractivity contribution is 5.50. The molecule has 1 aromatic rings. The third-order valence-corrected chi connectivity index (χ3v) is 3.15. The van der Waals surface area contributed by atoms with Gasteiger partial charge in [-0.25, -0.2) is 0 Å². The van der Waals surface area contributed by atoms with Crippen molar-refractivity contribution in [3.63, 3.8) is 0 Å². The molecule has 1 N–H and O–H groups in total. The van der Waals surface area contributed by atoms with Crippen molar-refractivity contribution in [3.05, 3.63) is 41.5 Å². The van der Waals surface area contributed by atoms with Gasteiger partial charge in [-0.05, 0) is 32.0 Å². The van der Waals surface area contributed by atoms with Crippen LogP contribution < -0.4 is 5.32 Å². The molecule has 0 aliphatic carbocycles. The molecule has 2 heteroatoms. The molecule has 0 spiro atoms. The first-order valence-corrected chi connectivity index (χ1v) is 6.51. The molecule has 0 unspecified atom stereocenters. The van der Waals surface area contributed by atoms with E-state index in [4.69, 9.17) is 0 Å². The van der Waals surface area contributed by atoms with Gasteiger partial charge in [0.1, 0.15) is 0 Å². The smallest absolute Gasteiger partial charge is 0.0167 e. The molecule has 0 atom stereocenters. The molecule has 17 heavy (non-hydrogen) atoms. The van der Waals surface area contributed by atoms with E-state index in [0.29, 0.717) is 0 Å². The van der Waals surface area contributed by atoms with Gasteiger partial charge in [0, 0.05) is 19.6 Å². The monoisotopic (exact) mass is 230 g/mol. The van der Waals surface area contributed by atoms with E-state index >= 15 is 0 Å². The minimum atomic E-state index is 1.07. The second kappa shape index (κ2) is 6.58. The highest BCUT2D eigenvalue weighted by Gasteiger charge is 2.05. The largest absolute Gasteiger partial charge is 0.315 e. The van der Waals surface area contributed by atoms with Crippen molar-refractivity contribution >= 4 is 6.08 Å². The van der Waals surface area contributed by atoms with Crippen LogP contribution in [0.25, 0.3) is 6.08 Å². The normalized spacial score (nSPS) is 18.4. The van der Waals surface area contributed by atoms with Crippen LogP contribution in [0.5, 0.6) is 0 Å². The van der Waals surface area contributed by atoms with Crippen LogP contribution in [0.3, 0.4) is 0 Å². The maximum atomic E-state index is 3.43. The summed E-state index contributed by atoms with van der Waals surface area (Å²) in [5.74, 6) is 0. The maximum Gasteiger partial charge on any atom is 0.0167 e. The maximum absolute atomic E-state index is 3.43. The molecule has 92 valence electrons. The molecule has 0 aromatic heterocycles. The lowest BCUT2D eigenvalue weighted by Crippen LogP contribution is -2.28. The molecule has 0 amide bonds. The first kappa shape index (κ1) is 12.3. The highest BCUT2D eigenvalue weighted by atomic mass is 15.1. The molecular formula is C15H22N2. The SMILES string of the molecule is Cc1cccc(/C=C/CN2CCCNCC2)c1. The Bertz CT molecular complexity index is 363. The quantitative estimate of drug-likeness (QED) is 0.857. The molecule has 1 heterocycles. The van der Waals surface area contributed by atoms with Gasteiger partial charge in [-0.15, -0.1) is 0 Å². The van der Waals surface area contributed by atoms with Gasteiger partial charge >= 0.3 is 0 Å². The zero-order valence-electron chi connectivity index (χ0n) is 10.7. The summed E-state index contributed by atoms with van der Waals surface area (Å²) in [5.41, 5.74) is 2.63. The summed E-state index contributed by atoms with van der Waals surface area (Å²) in [6, 6.07) is 8.64. The van der Waals surface area contributed by atoms with E-state index in [9.17, 15) is 0 Å². The fraction of sp³-hybridized carbons (Fsp3) is 0.467. The van der Waals surface area contributed by atoms with E-state index in [0.717, 1.165) is 26.2 Å². The van der Waals surface area contributed by atoms with Crippen LogP contribution in [0.2, 0.25) is 0 Å². The first-order valence-electron chi connectivity index (χ1n) is 6.51. The van der Waals surface area contributed by atoms with Crippen LogP contribution in [-0.4, -0.2) is 37.6 Å². The molecule has 0 saturated carbocycles. The van der Waals surface area contributed by atoms with E-state index in [1.54, 1.807) is 0 Å². The zero-order chi connectivity index (χ0) is 11.9. The Morgan fingerprint density at radius 1 is 1.29 bits per heavy atom. The number of hydrogen-bond acceptors (Lipinski definition) is 2. The van der Waals surface area contributed by atoms with Crippen LogP contribution in [0.1, 0.15) is 17.5 Å². The zero-order valence-corrected chi connectivity index (χ0v) is 10.7. The van der Waals surface area contributed by atoms with E-state index in [2.05, 4.69) is 53.6 Å². The lowest BCUT2D eigenvalue weighted by molar-refractivity contribution is 0.324. The van der Waals surface area contributed by atoms with Crippen molar-refractivity contribution in [2.75, 3.05) is 32.7 Å². The molecule has 1 saturated heterocycles. The molecular weight excluding hydrogens is 208 g/mol. The number of rotatable bonds is 3. The van der Waals surface area contributed by atoms with Gasteiger partial charge in [0.2, 0.25) is 0 Å². The van der Waals surface area contributed by atoms with Gasteiger partial charge in [-0.1, -0.05) is 42.0 Å². The highest BCUT2D eigenvalue weighted by Crippen LogP contribution is 2.06. The lowest BCUT2D eigenvalue weighted by Gasteiger charge is -2.16. The second-order valence-electron chi connectivity index (χ2n) is 4.72. The van der Waals surface area contributed by atoms with Crippen LogP contribution in [0.4, 0.5) is 0 Å². The summed E-state index contributed by atoms with van der Waals surface area (Å²) < 4.78 is 0. The van der Waals surface area contributed by atoms with Crippen molar-refractivity contribution in [2.24, 2.45) is 0 Å². The Labute approximate surface area is 104 Å².